The number of nitrogens with zero attached hydrogens (tertiary/aromatic N) is 2. The van der Waals surface area contributed by atoms with Gasteiger partial charge in [-0.15, -0.1) is 0 Å². The smallest absolute Gasteiger partial charge is 0.248 e. The summed E-state index contributed by atoms with van der Waals surface area (Å²) in [6.45, 7) is 1.59. The van der Waals surface area contributed by atoms with Crippen LogP contribution in [0.2, 0.25) is 10.0 Å². The first kappa shape index (κ1) is 19.0. The van der Waals surface area contributed by atoms with Gasteiger partial charge in [-0.25, -0.2) is 8.42 Å². The lowest BCUT2D eigenvalue weighted by atomic mass is 10.1. The van der Waals surface area contributed by atoms with E-state index < -0.39 is 10.0 Å². The molecule has 0 bridgehead atoms. The number of anilines is 2. The topological polar surface area (TPSA) is 57.7 Å². The molecular weight excluding hydrogens is 395 g/mol. The molecule has 0 saturated heterocycles. The van der Waals surface area contributed by atoms with E-state index in [-0.39, 0.29) is 34.2 Å². The van der Waals surface area contributed by atoms with Crippen molar-refractivity contribution in [1.29, 1.82) is 0 Å². The second kappa shape index (κ2) is 7.10. The molecule has 0 N–H and O–H groups in total. The van der Waals surface area contributed by atoms with Gasteiger partial charge >= 0.3 is 0 Å². The Bertz CT molecular complexity index is 963. The van der Waals surface area contributed by atoms with Crippen molar-refractivity contribution in [3.8, 4) is 0 Å². The van der Waals surface area contributed by atoms with E-state index in [1.807, 2.05) is 31.2 Å². The number of para-hydroxylation sites is 1. The Kier molecular flexibility index (Phi) is 5.19. The number of carbonyl (C=O) groups is 1. The van der Waals surface area contributed by atoms with Crippen LogP contribution in [0.4, 0.5) is 11.4 Å². The van der Waals surface area contributed by atoms with Crippen LogP contribution in [0.5, 0.6) is 0 Å². The van der Waals surface area contributed by atoms with Gasteiger partial charge in [0.2, 0.25) is 15.9 Å². The molecule has 1 aliphatic rings. The van der Waals surface area contributed by atoms with E-state index in [2.05, 4.69) is 0 Å². The van der Waals surface area contributed by atoms with Gasteiger partial charge in [-0.2, -0.15) is 0 Å². The lowest BCUT2D eigenvalue weighted by Gasteiger charge is -2.28. The molecule has 1 atom stereocenters. The van der Waals surface area contributed by atoms with E-state index in [1.165, 1.54) is 6.07 Å². The third-order valence-electron chi connectivity index (χ3n) is 4.36. The van der Waals surface area contributed by atoms with Crippen molar-refractivity contribution >= 4 is 50.5 Å². The van der Waals surface area contributed by atoms with Crippen LogP contribution in [0.1, 0.15) is 12.5 Å². The Morgan fingerprint density at radius 1 is 1.19 bits per heavy atom. The summed E-state index contributed by atoms with van der Waals surface area (Å²) in [5.74, 6) is -0.316. The van der Waals surface area contributed by atoms with Gasteiger partial charge in [-0.3, -0.25) is 9.10 Å². The molecule has 0 fully saturated rings. The molecule has 0 radical (unpaired) electrons. The zero-order chi connectivity index (χ0) is 19.1. The zero-order valence-corrected chi connectivity index (χ0v) is 16.6. The maximum Gasteiger partial charge on any atom is 0.248 e. The quantitative estimate of drug-likeness (QED) is 0.768. The van der Waals surface area contributed by atoms with E-state index >= 15 is 0 Å². The molecule has 0 aromatic heterocycles. The molecule has 1 aliphatic heterocycles. The standard InChI is InChI=1S/C18H18Cl2N2O3S/c1-12-10-13-6-3-4-8-15(13)22(12)17(23)11-21(26(2,24)25)16-9-5-7-14(19)18(16)20/h3-9,12H,10-11H2,1-2H3/t12-/m1/s1. The first-order chi connectivity index (χ1) is 12.2. The summed E-state index contributed by atoms with van der Waals surface area (Å²) >= 11 is 12.2. The van der Waals surface area contributed by atoms with Gasteiger partial charge in [0.1, 0.15) is 6.54 Å². The maximum absolute atomic E-state index is 13.0. The minimum absolute atomic E-state index is 0.0452. The first-order valence-electron chi connectivity index (χ1n) is 8.02. The predicted octanol–water partition coefficient (Wildman–Crippen LogP) is 3.74. The Morgan fingerprint density at radius 2 is 1.88 bits per heavy atom. The monoisotopic (exact) mass is 412 g/mol. The normalized spacial score (nSPS) is 16.5. The van der Waals surface area contributed by atoms with Crippen LogP contribution in [-0.2, 0) is 21.2 Å². The number of hydrogen-bond donors (Lipinski definition) is 0. The number of sulfonamides is 1. The van der Waals surface area contributed by atoms with Crippen LogP contribution in [0, 0.1) is 0 Å². The molecule has 5 nitrogen and oxygen atoms in total. The minimum atomic E-state index is -3.73. The summed E-state index contributed by atoms with van der Waals surface area (Å²) in [6.07, 6.45) is 1.78. The molecule has 3 rings (SSSR count). The predicted molar refractivity (Wildman–Crippen MR) is 106 cm³/mol. The average molecular weight is 413 g/mol. The summed E-state index contributed by atoms with van der Waals surface area (Å²) in [4.78, 5) is 14.6. The molecule has 1 amide bonds. The molecule has 0 unspecified atom stereocenters. The van der Waals surface area contributed by atoms with E-state index in [4.69, 9.17) is 23.2 Å². The third kappa shape index (κ3) is 3.54. The number of carbonyl (C=O) groups excluding carboxylic acids is 1. The van der Waals surface area contributed by atoms with Crippen molar-refractivity contribution in [2.75, 3.05) is 22.0 Å². The molecule has 0 aliphatic carbocycles. The number of halogens is 2. The van der Waals surface area contributed by atoms with Crippen LogP contribution in [0.3, 0.4) is 0 Å². The lowest BCUT2D eigenvalue weighted by molar-refractivity contribution is -0.117. The highest BCUT2D eigenvalue weighted by molar-refractivity contribution is 7.92. The van der Waals surface area contributed by atoms with Crippen molar-refractivity contribution in [3.05, 3.63) is 58.1 Å². The van der Waals surface area contributed by atoms with Crippen molar-refractivity contribution < 1.29 is 13.2 Å². The minimum Gasteiger partial charge on any atom is -0.307 e. The molecule has 0 spiro atoms. The molecule has 2 aromatic rings. The summed E-state index contributed by atoms with van der Waals surface area (Å²) in [6, 6.07) is 12.3. The number of rotatable bonds is 4. The van der Waals surface area contributed by atoms with Crippen LogP contribution < -0.4 is 9.21 Å². The van der Waals surface area contributed by atoms with Crippen molar-refractivity contribution in [2.24, 2.45) is 0 Å². The summed E-state index contributed by atoms with van der Waals surface area (Å²) < 4.78 is 25.6. The molecule has 0 saturated carbocycles. The Labute approximate surface area is 163 Å². The fourth-order valence-corrected chi connectivity index (χ4v) is 4.51. The molecule has 26 heavy (non-hydrogen) atoms. The molecule has 8 heteroatoms. The summed E-state index contributed by atoms with van der Waals surface area (Å²) in [5, 5.41) is 0.326. The summed E-state index contributed by atoms with van der Waals surface area (Å²) in [5.41, 5.74) is 2.07. The van der Waals surface area contributed by atoms with Gasteiger partial charge in [-0.05, 0) is 37.1 Å². The fourth-order valence-electron chi connectivity index (χ4n) is 3.21. The second-order valence-corrected chi connectivity index (χ2v) is 8.98. The van der Waals surface area contributed by atoms with Crippen LogP contribution in [0.25, 0.3) is 0 Å². The van der Waals surface area contributed by atoms with Crippen molar-refractivity contribution in [1.82, 2.24) is 0 Å². The van der Waals surface area contributed by atoms with Crippen molar-refractivity contribution in [3.63, 3.8) is 0 Å². The molecule has 1 heterocycles. The highest BCUT2D eigenvalue weighted by Crippen LogP contribution is 2.35. The number of hydrogen-bond acceptors (Lipinski definition) is 3. The van der Waals surface area contributed by atoms with E-state index in [9.17, 15) is 13.2 Å². The summed E-state index contributed by atoms with van der Waals surface area (Å²) in [7, 11) is -3.73. The van der Waals surface area contributed by atoms with Crippen LogP contribution in [-0.4, -0.2) is 33.2 Å². The number of amides is 1. The molecule has 138 valence electrons. The molecule has 2 aromatic carbocycles. The first-order valence-corrected chi connectivity index (χ1v) is 10.6. The number of benzene rings is 2. The fraction of sp³-hybridized carbons (Fsp3) is 0.278. The zero-order valence-electron chi connectivity index (χ0n) is 14.3. The lowest BCUT2D eigenvalue weighted by Crippen LogP contribution is -2.45. The van der Waals surface area contributed by atoms with Gasteiger partial charge in [0, 0.05) is 11.7 Å². The highest BCUT2D eigenvalue weighted by Gasteiger charge is 2.33. The van der Waals surface area contributed by atoms with Crippen LogP contribution >= 0.6 is 23.2 Å². The van der Waals surface area contributed by atoms with Gasteiger partial charge in [-0.1, -0.05) is 47.5 Å². The maximum atomic E-state index is 13.0. The van der Waals surface area contributed by atoms with Gasteiger partial charge in [0.05, 0.1) is 22.0 Å². The number of fused-ring (bicyclic) bond motifs is 1. The van der Waals surface area contributed by atoms with E-state index in [1.54, 1.807) is 17.0 Å². The van der Waals surface area contributed by atoms with Gasteiger partial charge < -0.3 is 4.90 Å². The largest absolute Gasteiger partial charge is 0.307 e. The third-order valence-corrected chi connectivity index (χ3v) is 6.29. The highest BCUT2D eigenvalue weighted by atomic mass is 35.5. The molecular formula is C18H18Cl2N2O3S. The van der Waals surface area contributed by atoms with E-state index in [0.717, 1.165) is 28.2 Å². The van der Waals surface area contributed by atoms with Crippen LogP contribution in [0.15, 0.2) is 42.5 Å². The van der Waals surface area contributed by atoms with Gasteiger partial charge in [0.25, 0.3) is 0 Å². The Morgan fingerprint density at radius 3 is 2.58 bits per heavy atom. The van der Waals surface area contributed by atoms with E-state index in [0.29, 0.717) is 0 Å². The second-order valence-electron chi connectivity index (χ2n) is 6.29. The Hall–Kier alpha value is -1.76. The van der Waals surface area contributed by atoms with Gasteiger partial charge in [0.15, 0.2) is 0 Å². The van der Waals surface area contributed by atoms with Crippen molar-refractivity contribution in [2.45, 2.75) is 19.4 Å². The SMILES string of the molecule is C[C@@H]1Cc2ccccc2N1C(=O)CN(c1cccc(Cl)c1Cl)S(C)(=O)=O. The average Bonchev–Trinajstić information content (AvgIpc) is 2.90. The Balaban J connectivity index is 1.96.